The zero-order valence-electron chi connectivity index (χ0n) is 23.3. The lowest BCUT2D eigenvalue weighted by Gasteiger charge is -2.12. The predicted octanol–water partition coefficient (Wildman–Crippen LogP) is 10.7. The van der Waals surface area contributed by atoms with Crippen molar-refractivity contribution in [3.63, 3.8) is 0 Å². The van der Waals surface area contributed by atoms with E-state index in [2.05, 4.69) is 121 Å². The van der Waals surface area contributed by atoms with Gasteiger partial charge in [-0.2, -0.15) is 0 Å². The van der Waals surface area contributed by atoms with E-state index in [1.807, 2.05) is 36.4 Å². The van der Waals surface area contributed by atoms with Crippen molar-refractivity contribution < 1.29 is 4.42 Å². The van der Waals surface area contributed by atoms with E-state index in [1.54, 1.807) is 0 Å². The molecule has 3 heteroatoms. The molecule has 0 unspecified atom stereocenters. The number of fused-ring (bicyclic) bond motifs is 3. The molecule has 2 heterocycles. The molecule has 3 nitrogen and oxygen atoms in total. The lowest BCUT2D eigenvalue weighted by molar-refractivity contribution is 0.667. The Morgan fingerprint density at radius 3 is 1.51 bits per heavy atom. The topological polar surface area (TPSA) is 38.9 Å². The van der Waals surface area contributed by atoms with Crippen molar-refractivity contribution in [2.45, 2.75) is 0 Å². The van der Waals surface area contributed by atoms with Crippen LogP contribution in [0.1, 0.15) is 0 Å². The molecule has 0 aliphatic rings. The van der Waals surface area contributed by atoms with Crippen LogP contribution in [0.2, 0.25) is 0 Å². The molecule has 0 aliphatic carbocycles. The maximum Gasteiger partial charge on any atom is 0.180 e. The number of hydrogen-bond acceptors (Lipinski definition) is 3. The standard InChI is InChI=1S/C40H26N2O/c1-4-13-27(14-5-1)30-19-12-20-31(23-30)37-39-38(35-21-10-11-22-36(35)43-39)42-40(41-37)34-25-32(28-15-6-2-7-16-28)24-33(26-34)29-17-8-3-9-18-29/h1-26H. The van der Waals surface area contributed by atoms with Gasteiger partial charge in [0, 0.05) is 16.5 Å². The fraction of sp³-hybridized carbons (Fsp3) is 0. The van der Waals surface area contributed by atoms with E-state index in [1.165, 1.54) is 0 Å². The summed E-state index contributed by atoms with van der Waals surface area (Å²) in [5.41, 5.74) is 11.8. The van der Waals surface area contributed by atoms with Crippen molar-refractivity contribution in [2.75, 3.05) is 0 Å². The van der Waals surface area contributed by atoms with Gasteiger partial charge in [0.1, 0.15) is 16.8 Å². The Hall–Kier alpha value is -5.80. The molecule has 0 spiro atoms. The van der Waals surface area contributed by atoms with Gasteiger partial charge in [0.15, 0.2) is 11.4 Å². The fourth-order valence-corrected chi connectivity index (χ4v) is 5.74. The van der Waals surface area contributed by atoms with Crippen LogP contribution in [-0.2, 0) is 0 Å². The molecule has 8 rings (SSSR count). The van der Waals surface area contributed by atoms with Crippen LogP contribution in [0.25, 0.3) is 78.1 Å². The van der Waals surface area contributed by atoms with E-state index >= 15 is 0 Å². The minimum atomic E-state index is 0.661. The molecule has 0 aliphatic heterocycles. The Morgan fingerprint density at radius 1 is 0.372 bits per heavy atom. The number of hydrogen-bond donors (Lipinski definition) is 0. The largest absolute Gasteiger partial charge is 0.452 e. The first-order chi connectivity index (χ1) is 21.3. The second kappa shape index (κ2) is 10.6. The normalized spacial score (nSPS) is 11.3. The average molecular weight is 551 g/mol. The van der Waals surface area contributed by atoms with Crippen molar-refractivity contribution in [1.82, 2.24) is 9.97 Å². The highest BCUT2D eigenvalue weighted by atomic mass is 16.3. The highest BCUT2D eigenvalue weighted by molar-refractivity contribution is 6.07. The minimum Gasteiger partial charge on any atom is -0.452 e. The van der Waals surface area contributed by atoms with Crippen molar-refractivity contribution in [3.05, 3.63) is 158 Å². The Kier molecular flexibility index (Phi) is 6.12. The van der Waals surface area contributed by atoms with Crippen LogP contribution in [0.5, 0.6) is 0 Å². The second-order valence-electron chi connectivity index (χ2n) is 10.6. The van der Waals surface area contributed by atoms with Crippen molar-refractivity contribution >= 4 is 22.1 Å². The number of rotatable bonds is 5. The van der Waals surface area contributed by atoms with Crippen LogP contribution in [0.3, 0.4) is 0 Å². The van der Waals surface area contributed by atoms with Gasteiger partial charge in [-0.25, -0.2) is 9.97 Å². The molecule has 0 fully saturated rings. The van der Waals surface area contributed by atoms with Gasteiger partial charge >= 0.3 is 0 Å². The Labute approximate surface area is 249 Å². The first-order valence-corrected chi connectivity index (χ1v) is 14.4. The summed E-state index contributed by atoms with van der Waals surface area (Å²) in [6.07, 6.45) is 0. The van der Waals surface area contributed by atoms with Crippen molar-refractivity contribution in [1.29, 1.82) is 0 Å². The summed E-state index contributed by atoms with van der Waals surface area (Å²) < 4.78 is 6.44. The summed E-state index contributed by atoms with van der Waals surface area (Å²) in [5.74, 6) is 0.661. The second-order valence-corrected chi connectivity index (χ2v) is 10.6. The first-order valence-electron chi connectivity index (χ1n) is 14.4. The van der Waals surface area contributed by atoms with Gasteiger partial charge < -0.3 is 4.42 Å². The fourth-order valence-electron chi connectivity index (χ4n) is 5.74. The van der Waals surface area contributed by atoms with Gasteiger partial charge in [-0.15, -0.1) is 0 Å². The summed E-state index contributed by atoms with van der Waals surface area (Å²) in [7, 11) is 0. The minimum absolute atomic E-state index is 0.661. The summed E-state index contributed by atoms with van der Waals surface area (Å²) in [6, 6.07) is 54.5. The molecule has 0 atom stereocenters. The van der Waals surface area contributed by atoms with Crippen molar-refractivity contribution in [3.8, 4) is 56.0 Å². The van der Waals surface area contributed by atoms with E-state index in [0.717, 1.165) is 66.7 Å². The van der Waals surface area contributed by atoms with Gasteiger partial charge in [0.05, 0.1) is 0 Å². The van der Waals surface area contributed by atoms with E-state index in [0.29, 0.717) is 11.4 Å². The number of aromatic nitrogens is 2. The Bertz CT molecular complexity index is 2160. The lowest BCUT2D eigenvalue weighted by Crippen LogP contribution is -1.95. The predicted molar refractivity (Wildman–Crippen MR) is 176 cm³/mol. The molecule has 202 valence electrons. The molecular weight excluding hydrogens is 524 g/mol. The van der Waals surface area contributed by atoms with Gasteiger partial charge in [-0.05, 0) is 69.8 Å². The molecular formula is C40H26N2O. The summed E-state index contributed by atoms with van der Waals surface area (Å²) in [5, 5.41) is 0.976. The Balaban J connectivity index is 1.39. The van der Waals surface area contributed by atoms with Crippen LogP contribution >= 0.6 is 0 Å². The third-order valence-corrected chi connectivity index (χ3v) is 7.87. The lowest BCUT2D eigenvalue weighted by atomic mass is 9.95. The SMILES string of the molecule is c1ccc(-c2cc(-c3ccccc3)cc(-c3nc(-c4cccc(-c5ccccc5)c4)c4oc5ccccc5c4n3)c2)cc1. The van der Waals surface area contributed by atoms with Crippen molar-refractivity contribution in [2.24, 2.45) is 0 Å². The van der Waals surface area contributed by atoms with Crippen LogP contribution in [0, 0.1) is 0 Å². The molecule has 0 saturated carbocycles. The first kappa shape index (κ1) is 25.0. The smallest absolute Gasteiger partial charge is 0.180 e. The van der Waals surface area contributed by atoms with Gasteiger partial charge in [0.2, 0.25) is 0 Å². The molecule has 8 aromatic rings. The molecule has 0 radical (unpaired) electrons. The molecule has 0 N–H and O–H groups in total. The molecule has 0 saturated heterocycles. The van der Waals surface area contributed by atoms with Gasteiger partial charge in [-0.3, -0.25) is 0 Å². The zero-order valence-corrected chi connectivity index (χ0v) is 23.3. The third-order valence-electron chi connectivity index (χ3n) is 7.87. The van der Waals surface area contributed by atoms with Crippen LogP contribution in [0.4, 0.5) is 0 Å². The Morgan fingerprint density at radius 2 is 0.860 bits per heavy atom. The number of para-hydroxylation sites is 1. The monoisotopic (exact) mass is 550 g/mol. The van der Waals surface area contributed by atoms with E-state index in [4.69, 9.17) is 14.4 Å². The highest BCUT2D eigenvalue weighted by Crippen LogP contribution is 2.38. The number of furan rings is 1. The summed E-state index contributed by atoms with van der Waals surface area (Å²) in [6.45, 7) is 0. The molecule has 43 heavy (non-hydrogen) atoms. The van der Waals surface area contributed by atoms with Crippen LogP contribution in [0.15, 0.2) is 162 Å². The third kappa shape index (κ3) is 4.67. The molecule has 0 bridgehead atoms. The summed E-state index contributed by atoms with van der Waals surface area (Å²) in [4.78, 5) is 10.4. The molecule has 2 aromatic heterocycles. The quantitative estimate of drug-likeness (QED) is 0.214. The number of nitrogens with zero attached hydrogens (tertiary/aromatic N) is 2. The van der Waals surface area contributed by atoms with E-state index < -0.39 is 0 Å². The van der Waals surface area contributed by atoms with E-state index in [-0.39, 0.29) is 0 Å². The van der Waals surface area contributed by atoms with E-state index in [9.17, 15) is 0 Å². The van der Waals surface area contributed by atoms with Gasteiger partial charge in [0.25, 0.3) is 0 Å². The average Bonchev–Trinajstić information content (AvgIpc) is 3.48. The molecule has 0 amide bonds. The number of benzene rings is 6. The summed E-state index contributed by atoms with van der Waals surface area (Å²) >= 11 is 0. The van der Waals surface area contributed by atoms with Gasteiger partial charge in [-0.1, -0.05) is 121 Å². The molecule has 6 aromatic carbocycles. The highest BCUT2D eigenvalue weighted by Gasteiger charge is 2.19. The van der Waals surface area contributed by atoms with Crippen LogP contribution in [-0.4, -0.2) is 9.97 Å². The van der Waals surface area contributed by atoms with Crippen LogP contribution < -0.4 is 0 Å². The zero-order chi connectivity index (χ0) is 28.6. The maximum atomic E-state index is 6.44. The maximum absolute atomic E-state index is 6.44.